The second-order valence-corrected chi connectivity index (χ2v) is 2.90. The van der Waals surface area contributed by atoms with Crippen molar-refractivity contribution in [1.29, 1.82) is 0 Å². The molecule has 0 saturated carbocycles. The monoisotopic (exact) mass is 255 g/mol. The first-order valence-electron chi connectivity index (χ1n) is 4.01. The summed E-state index contributed by atoms with van der Waals surface area (Å²) < 4.78 is 1.46. The fourth-order valence-electron chi connectivity index (χ4n) is 1.31. The van der Waals surface area contributed by atoms with E-state index in [4.69, 9.17) is 10.8 Å². The quantitative estimate of drug-likeness (QED) is 0.841. The molecule has 1 heterocycles. The number of carboxylic acid groups (broad SMARTS) is 1. The maximum absolute atomic E-state index is 10.4. The third-order valence-electron chi connectivity index (χ3n) is 2.02. The minimum atomic E-state index is -0.894. The van der Waals surface area contributed by atoms with Crippen molar-refractivity contribution in [1.82, 2.24) is 9.78 Å². The molecular formula is C8H15Cl2N3O2. The third kappa shape index (κ3) is 3.70. The van der Waals surface area contributed by atoms with Crippen LogP contribution in [-0.4, -0.2) is 20.9 Å². The van der Waals surface area contributed by atoms with E-state index in [1.54, 1.807) is 0 Å². The minimum absolute atomic E-state index is 0. The van der Waals surface area contributed by atoms with Crippen LogP contribution in [0.25, 0.3) is 0 Å². The molecule has 0 aromatic carbocycles. The largest absolute Gasteiger partial charge is 0.480 e. The van der Waals surface area contributed by atoms with Crippen molar-refractivity contribution in [2.24, 2.45) is 5.73 Å². The van der Waals surface area contributed by atoms with Crippen LogP contribution in [0.3, 0.4) is 0 Å². The highest BCUT2D eigenvalue weighted by molar-refractivity contribution is 5.85. The van der Waals surface area contributed by atoms with Gasteiger partial charge in [0.2, 0.25) is 0 Å². The van der Waals surface area contributed by atoms with Crippen molar-refractivity contribution in [3.63, 3.8) is 0 Å². The highest BCUT2D eigenvalue weighted by Crippen LogP contribution is 2.11. The maximum atomic E-state index is 10.4. The molecule has 0 bridgehead atoms. The van der Waals surface area contributed by atoms with E-state index >= 15 is 0 Å². The SMILES string of the molecule is Cc1nn(CC(=O)O)c(C)c1CN.Cl.Cl. The van der Waals surface area contributed by atoms with Gasteiger partial charge in [-0.25, -0.2) is 0 Å². The summed E-state index contributed by atoms with van der Waals surface area (Å²) >= 11 is 0. The van der Waals surface area contributed by atoms with E-state index in [1.807, 2.05) is 13.8 Å². The van der Waals surface area contributed by atoms with Crippen LogP contribution in [0.2, 0.25) is 0 Å². The van der Waals surface area contributed by atoms with Gasteiger partial charge in [-0.3, -0.25) is 9.48 Å². The molecule has 15 heavy (non-hydrogen) atoms. The Hall–Kier alpha value is -0.780. The number of aromatic nitrogens is 2. The zero-order chi connectivity index (χ0) is 10.0. The lowest BCUT2D eigenvalue weighted by molar-refractivity contribution is -0.137. The van der Waals surface area contributed by atoms with Crippen molar-refractivity contribution in [2.75, 3.05) is 0 Å². The van der Waals surface area contributed by atoms with Gasteiger partial charge in [0.15, 0.2) is 0 Å². The number of nitrogens with two attached hydrogens (primary N) is 1. The van der Waals surface area contributed by atoms with Gasteiger partial charge in [0.1, 0.15) is 6.54 Å². The second kappa shape index (κ2) is 6.66. The molecule has 0 atom stereocenters. The molecule has 0 fully saturated rings. The second-order valence-electron chi connectivity index (χ2n) is 2.90. The molecule has 0 aliphatic heterocycles. The number of aryl methyl sites for hydroxylation is 1. The molecule has 0 unspecified atom stereocenters. The summed E-state index contributed by atoms with van der Waals surface area (Å²) in [7, 11) is 0. The van der Waals surface area contributed by atoms with Gasteiger partial charge in [-0.05, 0) is 13.8 Å². The molecule has 0 aliphatic rings. The summed E-state index contributed by atoms with van der Waals surface area (Å²) in [6.07, 6.45) is 0. The zero-order valence-electron chi connectivity index (χ0n) is 8.56. The predicted molar refractivity (Wildman–Crippen MR) is 61.7 cm³/mol. The van der Waals surface area contributed by atoms with Crippen LogP contribution in [0.4, 0.5) is 0 Å². The molecule has 1 aromatic heterocycles. The van der Waals surface area contributed by atoms with Crippen LogP contribution in [0.15, 0.2) is 0 Å². The number of halogens is 2. The lowest BCUT2D eigenvalue weighted by Gasteiger charge is -1.99. The molecule has 7 heteroatoms. The molecule has 0 amide bonds. The van der Waals surface area contributed by atoms with Gasteiger partial charge in [-0.2, -0.15) is 5.10 Å². The van der Waals surface area contributed by atoms with Crippen LogP contribution < -0.4 is 5.73 Å². The average molecular weight is 256 g/mol. The van der Waals surface area contributed by atoms with Gasteiger partial charge in [0.25, 0.3) is 0 Å². The van der Waals surface area contributed by atoms with E-state index in [0.717, 1.165) is 17.0 Å². The van der Waals surface area contributed by atoms with Gasteiger partial charge < -0.3 is 10.8 Å². The van der Waals surface area contributed by atoms with Gasteiger partial charge in [0.05, 0.1) is 5.69 Å². The predicted octanol–water partition coefficient (Wildman–Crippen LogP) is 0.887. The molecule has 1 rings (SSSR count). The number of carbonyl (C=O) groups is 1. The smallest absolute Gasteiger partial charge is 0.325 e. The summed E-state index contributed by atoms with van der Waals surface area (Å²) in [5.41, 5.74) is 8.07. The van der Waals surface area contributed by atoms with E-state index in [-0.39, 0.29) is 31.4 Å². The van der Waals surface area contributed by atoms with Crippen molar-refractivity contribution in [3.05, 3.63) is 17.0 Å². The Labute approximate surface area is 100 Å². The van der Waals surface area contributed by atoms with E-state index in [9.17, 15) is 4.79 Å². The maximum Gasteiger partial charge on any atom is 0.325 e. The number of hydrogen-bond donors (Lipinski definition) is 2. The van der Waals surface area contributed by atoms with E-state index in [2.05, 4.69) is 5.10 Å². The number of hydrogen-bond acceptors (Lipinski definition) is 3. The van der Waals surface area contributed by atoms with Crippen molar-refractivity contribution in [2.45, 2.75) is 26.9 Å². The Morgan fingerprint density at radius 3 is 2.33 bits per heavy atom. The summed E-state index contributed by atoms with van der Waals surface area (Å²) in [5, 5.41) is 12.6. The number of rotatable bonds is 3. The van der Waals surface area contributed by atoms with E-state index in [1.165, 1.54) is 4.68 Å². The average Bonchev–Trinajstić information content (AvgIpc) is 2.26. The van der Waals surface area contributed by atoms with Crippen molar-refractivity contribution >= 4 is 30.8 Å². The van der Waals surface area contributed by atoms with Gasteiger partial charge in [0, 0.05) is 17.8 Å². The van der Waals surface area contributed by atoms with Gasteiger partial charge in [-0.15, -0.1) is 24.8 Å². The summed E-state index contributed by atoms with van der Waals surface area (Å²) in [5.74, 6) is -0.894. The number of nitrogens with zero attached hydrogens (tertiary/aromatic N) is 2. The fraction of sp³-hybridized carbons (Fsp3) is 0.500. The molecule has 0 radical (unpaired) electrons. The van der Waals surface area contributed by atoms with Gasteiger partial charge in [-0.1, -0.05) is 0 Å². The molecule has 1 aromatic rings. The normalized spacial score (nSPS) is 9.00. The zero-order valence-corrected chi connectivity index (χ0v) is 10.2. The van der Waals surface area contributed by atoms with Crippen molar-refractivity contribution in [3.8, 4) is 0 Å². The molecule has 0 saturated heterocycles. The van der Waals surface area contributed by atoms with Crippen LogP contribution in [-0.2, 0) is 17.9 Å². The van der Waals surface area contributed by atoms with Crippen LogP contribution in [0.1, 0.15) is 17.0 Å². The first-order valence-corrected chi connectivity index (χ1v) is 4.01. The van der Waals surface area contributed by atoms with Crippen LogP contribution in [0, 0.1) is 13.8 Å². The highest BCUT2D eigenvalue weighted by Gasteiger charge is 2.11. The van der Waals surface area contributed by atoms with Crippen LogP contribution in [0.5, 0.6) is 0 Å². The lowest BCUT2D eigenvalue weighted by Crippen LogP contribution is -2.12. The standard InChI is InChI=1S/C8H13N3O2.2ClH/c1-5-7(3-9)6(2)11(10-5)4-8(12)13;;/h3-4,9H2,1-2H3,(H,12,13);2*1H. The number of aliphatic carboxylic acids is 1. The first kappa shape index (κ1) is 16.6. The Balaban J connectivity index is 0. The molecular weight excluding hydrogens is 241 g/mol. The minimum Gasteiger partial charge on any atom is -0.480 e. The number of carboxylic acids is 1. The summed E-state index contributed by atoms with van der Waals surface area (Å²) in [6.45, 7) is 3.95. The Morgan fingerprint density at radius 1 is 1.47 bits per heavy atom. The molecule has 5 nitrogen and oxygen atoms in total. The third-order valence-corrected chi connectivity index (χ3v) is 2.02. The van der Waals surface area contributed by atoms with Gasteiger partial charge >= 0.3 is 5.97 Å². The molecule has 0 spiro atoms. The topological polar surface area (TPSA) is 81.1 Å². The first-order chi connectivity index (χ1) is 6.06. The van der Waals surface area contributed by atoms with Crippen molar-refractivity contribution < 1.29 is 9.90 Å². The molecule has 3 N–H and O–H groups in total. The Morgan fingerprint density at radius 2 is 2.00 bits per heavy atom. The summed E-state index contributed by atoms with van der Waals surface area (Å²) in [4.78, 5) is 10.4. The van der Waals surface area contributed by atoms with Crippen LogP contribution >= 0.6 is 24.8 Å². The molecule has 88 valence electrons. The Kier molecular flexibility index (Phi) is 7.39. The van der Waals surface area contributed by atoms with E-state index < -0.39 is 5.97 Å². The highest BCUT2D eigenvalue weighted by atomic mass is 35.5. The lowest BCUT2D eigenvalue weighted by atomic mass is 10.2. The fourth-order valence-corrected chi connectivity index (χ4v) is 1.31. The Bertz CT molecular complexity index is 339. The molecule has 0 aliphatic carbocycles. The summed E-state index contributed by atoms with van der Waals surface area (Å²) in [6, 6.07) is 0. The van der Waals surface area contributed by atoms with E-state index in [0.29, 0.717) is 6.54 Å².